The first-order valence-electron chi connectivity index (χ1n) is 6.87. The van der Waals surface area contributed by atoms with Gasteiger partial charge in [0.1, 0.15) is 5.82 Å². The third-order valence-corrected chi connectivity index (χ3v) is 3.01. The van der Waals surface area contributed by atoms with Gasteiger partial charge in [-0.25, -0.2) is 4.98 Å². The Kier molecular flexibility index (Phi) is 4.68. The lowest BCUT2D eigenvalue weighted by atomic mass is 10.2. The largest absolute Gasteiger partial charge is 0.329 e. The maximum Gasteiger partial charge on any atom is 0.108 e. The molecule has 102 valence electrons. The summed E-state index contributed by atoms with van der Waals surface area (Å²) in [6.45, 7) is 8.01. The maximum atomic E-state index is 4.68. The second-order valence-electron chi connectivity index (χ2n) is 4.98. The van der Waals surface area contributed by atoms with E-state index in [1.165, 1.54) is 0 Å². The summed E-state index contributed by atoms with van der Waals surface area (Å²) in [4.78, 5) is 9.02. The van der Waals surface area contributed by atoms with E-state index in [2.05, 4.69) is 58.8 Å². The van der Waals surface area contributed by atoms with Crippen LogP contribution in [0.15, 0.2) is 30.6 Å². The predicted octanol–water partition coefficient (Wildman–Crippen LogP) is 2.39. The van der Waals surface area contributed by atoms with Crippen LogP contribution in [0.4, 0.5) is 0 Å². The topological polar surface area (TPSA) is 42.7 Å². The molecule has 2 aromatic heterocycles. The van der Waals surface area contributed by atoms with Gasteiger partial charge in [-0.15, -0.1) is 0 Å². The van der Waals surface area contributed by atoms with Gasteiger partial charge in [0.05, 0.1) is 17.9 Å². The third-order valence-electron chi connectivity index (χ3n) is 3.01. The van der Waals surface area contributed by atoms with Gasteiger partial charge in [0.2, 0.25) is 0 Å². The Morgan fingerprint density at radius 2 is 2.05 bits per heavy atom. The van der Waals surface area contributed by atoms with E-state index in [1.807, 2.05) is 12.4 Å². The minimum absolute atomic E-state index is 0.478. The van der Waals surface area contributed by atoms with Crippen molar-refractivity contribution >= 4 is 0 Å². The monoisotopic (exact) mass is 258 g/mol. The molecule has 0 aliphatic heterocycles. The number of imidazole rings is 1. The van der Waals surface area contributed by atoms with E-state index in [0.717, 1.165) is 36.7 Å². The van der Waals surface area contributed by atoms with Gasteiger partial charge >= 0.3 is 0 Å². The van der Waals surface area contributed by atoms with Crippen molar-refractivity contribution in [2.75, 3.05) is 0 Å². The fraction of sp³-hybridized carbons (Fsp3) is 0.467. The number of pyridine rings is 1. The Labute approximate surface area is 114 Å². The lowest BCUT2D eigenvalue weighted by Gasteiger charge is -2.10. The summed E-state index contributed by atoms with van der Waals surface area (Å²) < 4.78 is 2.15. The molecule has 0 amide bonds. The van der Waals surface area contributed by atoms with Gasteiger partial charge in [0, 0.05) is 31.4 Å². The molecule has 1 N–H and O–H groups in total. The van der Waals surface area contributed by atoms with E-state index in [1.54, 1.807) is 0 Å². The van der Waals surface area contributed by atoms with Crippen LogP contribution in [0.2, 0.25) is 0 Å². The SMILES string of the molecule is CCc1nccn1Cc1cccc(CNC(C)C)n1. The van der Waals surface area contributed by atoms with Crippen LogP contribution >= 0.6 is 0 Å². The molecule has 4 nitrogen and oxygen atoms in total. The maximum absolute atomic E-state index is 4.68. The summed E-state index contributed by atoms with van der Waals surface area (Å²) in [6, 6.07) is 6.68. The van der Waals surface area contributed by atoms with Crippen molar-refractivity contribution in [3.63, 3.8) is 0 Å². The van der Waals surface area contributed by atoms with Gasteiger partial charge in [0.25, 0.3) is 0 Å². The molecule has 0 atom stereocenters. The normalized spacial score (nSPS) is 11.2. The van der Waals surface area contributed by atoms with Gasteiger partial charge in [-0.3, -0.25) is 4.98 Å². The second kappa shape index (κ2) is 6.48. The zero-order valence-electron chi connectivity index (χ0n) is 11.9. The molecule has 0 unspecified atom stereocenters. The third kappa shape index (κ3) is 3.89. The molecule has 0 bridgehead atoms. The Bertz CT molecular complexity index is 516. The van der Waals surface area contributed by atoms with Crippen molar-refractivity contribution in [2.24, 2.45) is 0 Å². The number of hydrogen-bond donors (Lipinski definition) is 1. The Balaban J connectivity index is 2.06. The van der Waals surface area contributed by atoms with Crippen molar-refractivity contribution < 1.29 is 0 Å². The molecule has 0 spiro atoms. The summed E-state index contributed by atoms with van der Waals surface area (Å²) in [5.41, 5.74) is 2.17. The minimum Gasteiger partial charge on any atom is -0.329 e. The molecule has 0 aromatic carbocycles. The van der Waals surface area contributed by atoms with Crippen LogP contribution in [0.3, 0.4) is 0 Å². The van der Waals surface area contributed by atoms with Gasteiger partial charge < -0.3 is 9.88 Å². The van der Waals surface area contributed by atoms with Crippen molar-refractivity contribution in [2.45, 2.75) is 46.3 Å². The highest BCUT2D eigenvalue weighted by Crippen LogP contribution is 2.05. The summed E-state index contributed by atoms with van der Waals surface area (Å²) in [7, 11) is 0. The summed E-state index contributed by atoms with van der Waals surface area (Å²) in [6.07, 6.45) is 4.81. The molecule has 19 heavy (non-hydrogen) atoms. The van der Waals surface area contributed by atoms with Crippen LogP contribution in [0.1, 0.15) is 38.0 Å². The highest BCUT2D eigenvalue weighted by Gasteiger charge is 2.03. The van der Waals surface area contributed by atoms with Crippen molar-refractivity contribution in [3.8, 4) is 0 Å². The van der Waals surface area contributed by atoms with Crippen LogP contribution < -0.4 is 5.32 Å². The Morgan fingerprint density at radius 3 is 2.79 bits per heavy atom. The first-order chi connectivity index (χ1) is 9.19. The van der Waals surface area contributed by atoms with E-state index in [0.29, 0.717) is 6.04 Å². The first kappa shape index (κ1) is 13.7. The van der Waals surface area contributed by atoms with Gasteiger partial charge in [-0.1, -0.05) is 26.8 Å². The van der Waals surface area contributed by atoms with Crippen molar-refractivity contribution in [1.29, 1.82) is 0 Å². The fourth-order valence-electron chi connectivity index (χ4n) is 2.00. The second-order valence-corrected chi connectivity index (χ2v) is 4.98. The molecule has 4 heteroatoms. The Morgan fingerprint density at radius 1 is 1.26 bits per heavy atom. The lowest BCUT2D eigenvalue weighted by Crippen LogP contribution is -2.22. The molecule has 0 fully saturated rings. The molecule has 0 aliphatic rings. The quantitative estimate of drug-likeness (QED) is 0.865. The van der Waals surface area contributed by atoms with E-state index in [-0.39, 0.29) is 0 Å². The summed E-state index contributed by atoms with van der Waals surface area (Å²) in [5, 5.41) is 3.39. The summed E-state index contributed by atoms with van der Waals surface area (Å²) >= 11 is 0. The number of rotatable bonds is 6. The first-order valence-corrected chi connectivity index (χ1v) is 6.87. The zero-order chi connectivity index (χ0) is 13.7. The smallest absolute Gasteiger partial charge is 0.108 e. The molecule has 0 radical (unpaired) electrons. The van der Waals surface area contributed by atoms with Gasteiger partial charge in [-0.05, 0) is 12.1 Å². The molecule has 2 rings (SSSR count). The minimum atomic E-state index is 0.478. The molecular weight excluding hydrogens is 236 g/mol. The number of aryl methyl sites for hydroxylation is 1. The average Bonchev–Trinajstić information content (AvgIpc) is 2.84. The molecule has 0 aliphatic carbocycles. The van der Waals surface area contributed by atoms with E-state index >= 15 is 0 Å². The molecule has 0 saturated carbocycles. The molecule has 2 aromatic rings. The van der Waals surface area contributed by atoms with Crippen LogP contribution in [-0.2, 0) is 19.5 Å². The van der Waals surface area contributed by atoms with Crippen LogP contribution in [0.25, 0.3) is 0 Å². The number of hydrogen-bond acceptors (Lipinski definition) is 3. The lowest BCUT2D eigenvalue weighted by molar-refractivity contribution is 0.579. The highest BCUT2D eigenvalue weighted by molar-refractivity contribution is 5.12. The van der Waals surface area contributed by atoms with Gasteiger partial charge in [-0.2, -0.15) is 0 Å². The van der Waals surface area contributed by atoms with E-state index in [4.69, 9.17) is 0 Å². The average molecular weight is 258 g/mol. The van der Waals surface area contributed by atoms with Crippen LogP contribution in [-0.4, -0.2) is 20.6 Å². The van der Waals surface area contributed by atoms with Crippen LogP contribution in [0, 0.1) is 0 Å². The summed E-state index contributed by atoms with van der Waals surface area (Å²) in [5.74, 6) is 1.10. The fourth-order valence-corrected chi connectivity index (χ4v) is 2.00. The Hall–Kier alpha value is -1.68. The standard InChI is InChI=1S/C15H22N4/c1-4-15-16-8-9-19(15)11-14-7-5-6-13(18-14)10-17-12(2)3/h5-9,12,17H,4,10-11H2,1-3H3. The van der Waals surface area contributed by atoms with E-state index < -0.39 is 0 Å². The highest BCUT2D eigenvalue weighted by atomic mass is 15.1. The molecule has 0 saturated heterocycles. The number of aromatic nitrogens is 3. The van der Waals surface area contributed by atoms with E-state index in [9.17, 15) is 0 Å². The van der Waals surface area contributed by atoms with Crippen molar-refractivity contribution in [1.82, 2.24) is 19.9 Å². The van der Waals surface area contributed by atoms with Crippen molar-refractivity contribution in [3.05, 3.63) is 47.8 Å². The predicted molar refractivity (Wildman–Crippen MR) is 76.9 cm³/mol. The zero-order valence-corrected chi connectivity index (χ0v) is 11.9. The van der Waals surface area contributed by atoms with Gasteiger partial charge in [0.15, 0.2) is 0 Å². The number of nitrogens with zero attached hydrogens (tertiary/aromatic N) is 3. The number of nitrogens with one attached hydrogen (secondary N) is 1. The van der Waals surface area contributed by atoms with Crippen LogP contribution in [0.5, 0.6) is 0 Å². The molecular formula is C15H22N4. The molecule has 2 heterocycles.